The first-order valence-electron chi connectivity index (χ1n) is 10.3. The van der Waals surface area contributed by atoms with Gasteiger partial charge in [-0.1, -0.05) is 12.1 Å². The third kappa shape index (κ3) is 3.50. The summed E-state index contributed by atoms with van der Waals surface area (Å²) in [6.07, 6.45) is 5.28. The number of aromatic nitrogens is 4. The first-order chi connectivity index (χ1) is 15.5. The van der Waals surface area contributed by atoms with E-state index in [0.717, 1.165) is 17.9 Å². The molecule has 1 atom stereocenters. The number of rotatable bonds is 6. The fourth-order valence-electron chi connectivity index (χ4n) is 4.07. The van der Waals surface area contributed by atoms with Crippen molar-refractivity contribution in [3.05, 3.63) is 75.4 Å². The van der Waals surface area contributed by atoms with E-state index in [-0.39, 0.29) is 5.56 Å². The summed E-state index contributed by atoms with van der Waals surface area (Å²) in [5.74, 6) is 0.734. The van der Waals surface area contributed by atoms with Gasteiger partial charge in [0.1, 0.15) is 5.39 Å². The molecule has 1 unspecified atom stereocenters. The van der Waals surface area contributed by atoms with Gasteiger partial charge in [0.05, 0.1) is 12.2 Å². The van der Waals surface area contributed by atoms with E-state index < -0.39 is 0 Å². The summed E-state index contributed by atoms with van der Waals surface area (Å²) in [4.78, 5) is 22.0. The average molecular weight is 446 g/mol. The Morgan fingerprint density at radius 1 is 1.34 bits per heavy atom. The molecule has 162 valence electrons. The quantitative estimate of drug-likeness (QED) is 0.456. The molecule has 0 amide bonds. The van der Waals surface area contributed by atoms with Crippen LogP contribution in [0.2, 0.25) is 0 Å². The fraction of sp³-hybridized carbons (Fsp3) is 0.217. The second-order valence-corrected chi connectivity index (χ2v) is 8.59. The molecule has 0 aliphatic carbocycles. The molecule has 1 aliphatic heterocycles. The Morgan fingerprint density at radius 2 is 2.22 bits per heavy atom. The van der Waals surface area contributed by atoms with Crippen LogP contribution in [0.1, 0.15) is 17.0 Å². The molecule has 1 N–H and O–H groups in total. The number of nitrogens with zero attached hydrogens (tertiary/aromatic N) is 6. The van der Waals surface area contributed by atoms with Crippen LogP contribution in [0.3, 0.4) is 0 Å². The minimum Gasteiger partial charge on any atom is -0.324 e. The number of benzene rings is 1. The summed E-state index contributed by atoms with van der Waals surface area (Å²) in [6.45, 7) is 7.15. The van der Waals surface area contributed by atoms with Crippen LogP contribution < -0.4 is 10.9 Å². The monoisotopic (exact) mass is 445 g/mol. The zero-order valence-electron chi connectivity index (χ0n) is 17.9. The number of thiophene rings is 1. The number of hydrogen-bond donors (Lipinski definition) is 1. The third-order valence-electron chi connectivity index (χ3n) is 5.56. The van der Waals surface area contributed by atoms with Gasteiger partial charge in [-0.3, -0.25) is 9.80 Å². The maximum absolute atomic E-state index is 12.9. The van der Waals surface area contributed by atoms with E-state index in [4.69, 9.17) is 4.98 Å². The van der Waals surface area contributed by atoms with E-state index in [2.05, 4.69) is 41.0 Å². The number of nitrogens with one attached hydrogen (secondary N) is 1. The zero-order valence-corrected chi connectivity index (χ0v) is 18.7. The Morgan fingerprint density at radius 3 is 2.91 bits per heavy atom. The highest BCUT2D eigenvalue weighted by Crippen LogP contribution is 2.27. The van der Waals surface area contributed by atoms with Crippen LogP contribution in [0.4, 0.5) is 11.6 Å². The molecule has 1 aromatic carbocycles. The molecule has 0 saturated carbocycles. The van der Waals surface area contributed by atoms with Gasteiger partial charge in [-0.15, -0.1) is 6.58 Å². The Kier molecular flexibility index (Phi) is 5.10. The maximum Gasteiger partial charge on any atom is 0.278 e. The molecule has 32 heavy (non-hydrogen) atoms. The molecule has 4 heterocycles. The van der Waals surface area contributed by atoms with Crippen molar-refractivity contribution in [2.75, 3.05) is 18.9 Å². The molecule has 0 spiro atoms. The van der Waals surface area contributed by atoms with E-state index in [9.17, 15) is 4.79 Å². The Labute approximate surface area is 189 Å². The highest BCUT2D eigenvalue weighted by Gasteiger charge is 2.19. The average Bonchev–Trinajstić information content (AvgIpc) is 3.50. The number of fused-ring (bicyclic) bond motifs is 1. The van der Waals surface area contributed by atoms with Crippen LogP contribution in [0.5, 0.6) is 0 Å². The van der Waals surface area contributed by atoms with E-state index in [0.29, 0.717) is 29.4 Å². The van der Waals surface area contributed by atoms with Crippen molar-refractivity contribution in [2.45, 2.75) is 19.4 Å². The van der Waals surface area contributed by atoms with Crippen molar-refractivity contribution in [3.63, 3.8) is 0 Å². The van der Waals surface area contributed by atoms with Crippen molar-refractivity contribution in [3.8, 4) is 5.69 Å². The van der Waals surface area contributed by atoms with Crippen LogP contribution in [0.15, 0.2) is 63.8 Å². The number of likely N-dealkylation sites (N-methyl/N-ethyl adjacent to an activating group) is 1. The second-order valence-electron chi connectivity index (χ2n) is 7.81. The first kappa shape index (κ1) is 20.2. The largest absolute Gasteiger partial charge is 0.324 e. The Balaban J connectivity index is 1.51. The number of hydrazone groups is 1. The lowest BCUT2D eigenvalue weighted by Crippen LogP contribution is -2.21. The summed E-state index contributed by atoms with van der Waals surface area (Å²) >= 11 is 1.57. The van der Waals surface area contributed by atoms with Crippen LogP contribution in [0, 0.1) is 6.92 Å². The first-order valence-corrected chi connectivity index (χ1v) is 11.2. The smallest absolute Gasteiger partial charge is 0.278 e. The lowest BCUT2D eigenvalue weighted by molar-refractivity contribution is 0.381. The van der Waals surface area contributed by atoms with Crippen LogP contribution in [-0.2, 0) is 6.54 Å². The van der Waals surface area contributed by atoms with Gasteiger partial charge in [-0.25, -0.2) is 14.3 Å². The van der Waals surface area contributed by atoms with Gasteiger partial charge in [0.25, 0.3) is 5.56 Å². The van der Waals surface area contributed by atoms with E-state index >= 15 is 0 Å². The van der Waals surface area contributed by atoms with Gasteiger partial charge in [0.2, 0.25) is 5.95 Å². The van der Waals surface area contributed by atoms with E-state index in [1.165, 1.54) is 11.1 Å². The van der Waals surface area contributed by atoms with Gasteiger partial charge in [0.15, 0.2) is 5.65 Å². The number of allylic oxidation sites excluding steroid dienone is 1. The van der Waals surface area contributed by atoms with Gasteiger partial charge in [-0.05, 0) is 41.6 Å². The topological polar surface area (TPSA) is 80.3 Å². The summed E-state index contributed by atoms with van der Waals surface area (Å²) in [5, 5.41) is 14.0. The predicted molar refractivity (Wildman–Crippen MR) is 130 cm³/mol. The van der Waals surface area contributed by atoms with Crippen molar-refractivity contribution < 1.29 is 0 Å². The minimum atomic E-state index is -0.138. The van der Waals surface area contributed by atoms with E-state index in [1.54, 1.807) is 28.3 Å². The summed E-state index contributed by atoms with van der Waals surface area (Å²) < 4.78 is 3.45. The predicted octanol–water partition coefficient (Wildman–Crippen LogP) is 3.90. The van der Waals surface area contributed by atoms with Crippen LogP contribution in [0.25, 0.3) is 16.7 Å². The lowest BCUT2D eigenvalue weighted by Gasteiger charge is -2.14. The van der Waals surface area contributed by atoms with Gasteiger partial charge >= 0.3 is 0 Å². The Bertz CT molecular complexity index is 1380. The standard InChI is InChI=1S/C23H23N7OS/c1-4-8-29-22(31)20-12-24-23(27-21(20)30(29)18-7-9-32-14-18)26-17-5-6-19(15(2)10-17)16-11-25-28(3)13-16/h4-7,9-12,14,16H,1,8,13H2,2-3H3,(H,24,26,27). The van der Waals surface area contributed by atoms with Crippen molar-refractivity contribution in [2.24, 2.45) is 5.10 Å². The summed E-state index contributed by atoms with van der Waals surface area (Å²) in [6, 6.07) is 8.19. The maximum atomic E-state index is 12.9. The molecule has 0 radical (unpaired) electrons. The minimum absolute atomic E-state index is 0.138. The van der Waals surface area contributed by atoms with Crippen molar-refractivity contribution >= 4 is 40.2 Å². The SMILES string of the molecule is C=CCn1c(=O)c2cnc(Nc3ccc(C4C=NN(C)C4)c(C)c3)nc2n1-c1ccsc1. The molecule has 9 heteroatoms. The number of hydrogen-bond acceptors (Lipinski definition) is 7. The second kappa shape index (κ2) is 8.08. The molecule has 3 aromatic heterocycles. The van der Waals surface area contributed by atoms with E-state index in [1.807, 2.05) is 45.8 Å². The summed E-state index contributed by atoms with van der Waals surface area (Å²) in [7, 11) is 1.98. The van der Waals surface area contributed by atoms with Gasteiger partial charge < -0.3 is 5.32 Å². The number of anilines is 2. The normalized spacial score (nSPS) is 15.6. The van der Waals surface area contributed by atoms with Crippen LogP contribution in [-0.4, -0.2) is 44.1 Å². The number of aryl methyl sites for hydroxylation is 1. The molecule has 5 rings (SSSR count). The molecule has 0 saturated heterocycles. The van der Waals surface area contributed by atoms with Crippen molar-refractivity contribution in [1.29, 1.82) is 0 Å². The molecule has 0 bridgehead atoms. The Hall–Kier alpha value is -3.72. The summed E-state index contributed by atoms with van der Waals surface area (Å²) in [5.41, 5.74) is 4.64. The molecular weight excluding hydrogens is 422 g/mol. The molecular formula is C23H23N7OS. The van der Waals surface area contributed by atoms with Gasteiger partial charge in [-0.2, -0.15) is 21.4 Å². The van der Waals surface area contributed by atoms with Crippen LogP contribution >= 0.6 is 11.3 Å². The molecule has 4 aromatic rings. The molecule has 0 fully saturated rings. The van der Waals surface area contributed by atoms with Gasteiger partial charge in [0, 0.05) is 43.0 Å². The van der Waals surface area contributed by atoms with Crippen molar-refractivity contribution in [1.82, 2.24) is 24.3 Å². The highest BCUT2D eigenvalue weighted by molar-refractivity contribution is 7.08. The molecule has 1 aliphatic rings. The highest BCUT2D eigenvalue weighted by atomic mass is 32.1. The molecule has 8 nitrogen and oxygen atoms in total. The third-order valence-corrected chi connectivity index (χ3v) is 6.23. The zero-order chi connectivity index (χ0) is 22.2. The fourth-order valence-corrected chi connectivity index (χ4v) is 4.68. The lowest BCUT2D eigenvalue weighted by atomic mass is 9.96.